The fourth-order valence-corrected chi connectivity index (χ4v) is 2.46. The number of unbranched alkanes of at least 4 members (excludes halogenated alkanes) is 1. The number of nitrogens with zero attached hydrogens (tertiary/aromatic N) is 2. The molecule has 1 aromatic rings. The van der Waals surface area contributed by atoms with Crippen LogP contribution in [0.25, 0.3) is 0 Å². The lowest BCUT2D eigenvalue weighted by Crippen LogP contribution is -2.38. The smallest absolute Gasteiger partial charge is 0.0952 e. The van der Waals surface area contributed by atoms with Crippen molar-refractivity contribution in [3.8, 4) is 6.07 Å². The van der Waals surface area contributed by atoms with E-state index in [0.717, 1.165) is 39.1 Å². The zero-order chi connectivity index (χ0) is 13.5. The summed E-state index contributed by atoms with van der Waals surface area (Å²) in [5.41, 5.74) is 2.63. The number of hydrogen-bond donors (Lipinski definition) is 0. The van der Waals surface area contributed by atoms with Crippen LogP contribution in [-0.2, 0) is 11.2 Å². The van der Waals surface area contributed by atoms with Crippen molar-refractivity contribution in [2.24, 2.45) is 0 Å². The molecule has 0 bridgehead atoms. The van der Waals surface area contributed by atoms with E-state index in [4.69, 9.17) is 10.00 Å². The maximum absolute atomic E-state index is 8.58. The number of benzene rings is 1. The molecule has 0 N–H and O–H groups in total. The fraction of sp³-hybridized carbons (Fsp3) is 0.562. The van der Waals surface area contributed by atoms with Crippen LogP contribution in [0.4, 0.5) is 0 Å². The van der Waals surface area contributed by atoms with Gasteiger partial charge in [0.15, 0.2) is 0 Å². The molecule has 1 atom stereocenters. The molecule has 3 heteroatoms. The SMILES string of the molecule is CCc1ccc([C@@H]2CN(CCCC#N)CCO2)cc1. The molecule has 0 amide bonds. The molecule has 1 fully saturated rings. The Bertz CT molecular complexity index is 421. The zero-order valence-corrected chi connectivity index (χ0v) is 11.6. The van der Waals surface area contributed by atoms with Crippen molar-refractivity contribution in [3.05, 3.63) is 35.4 Å². The first-order valence-corrected chi connectivity index (χ1v) is 7.13. The number of nitriles is 1. The molecule has 1 heterocycles. The molecule has 0 aromatic heterocycles. The lowest BCUT2D eigenvalue weighted by atomic mass is 10.0. The van der Waals surface area contributed by atoms with Gasteiger partial charge in [0.25, 0.3) is 0 Å². The van der Waals surface area contributed by atoms with Gasteiger partial charge in [-0.25, -0.2) is 0 Å². The largest absolute Gasteiger partial charge is 0.371 e. The van der Waals surface area contributed by atoms with Crippen molar-refractivity contribution < 1.29 is 4.74 Å². The van der Waals surface area contributed by atoms with E-state index >= 15 is 0 Å². The minimum absolute atomic E-state index is 0.182. The zero-order valence-electron chi connectivity index (χ0n) is 11.6. The predicted octanol–water partition coefficient (Wildman–Crippen LogP) is 2.93. The highest BCUT2D eigenvalue weighted by Gasteiger charge is 2.21. The van der Waals surface area contributed by atoms with Gasteiger partial charge < -0.3 is 4.74 Å². The third kappa shape index (κ3) is 4.05. The summed E-state index contributed by atoms with van der Waals surface area (Å²) in [7, 11) is 0. The van der Waals surface area contributed by atoms with E-state index in [1.807, 2.05) is 0 Å². The van der Waals surface area contributed by atoms with E-state index in [-0.39, 0.29) is 6.10 Å². The monoisotopic (exact) mass is 258 g/mol. The van der Waals surface area contributed by atoms with Gasteiger partial charge in [0.1, 0.15) is 0 Å². The van der Waals surface area contributed by atoms with Gasteiger partial charge in [0, 0.05) is 19.5 Å². The maximum atomic E-state index is 8.58. The highest BCUT2D eigenvalue weighted by Crippen LogP contribution is 2.22. The molecule has 1 aromatic carbocycles. The van der Waals surface area contributed by atoms with Gasteiger partial charge >= 0.3 is 0 Å². The van der Waals surface area contributed by atoms with Gasteiger partial charge in [-0.05, 0) is 30.5 Å². The van der Waals surface area contributed by atoms with Crippen LogP contribution in [0.1, 0.15) is 37.0 Å². The molecule has 0 spiro atoms. The number of rotatable bonds is 5. The van der Waals surface area contributed by atoms with E-state index in [1.165, 1.54) is 11.1 Å². The Morgan fingerprint density at radius 1 is 1.37 bits per heavy atom. The Morgan fingerprint density at radius 3 is 2.84 bits per heavy atom. The van der Waals surface area contributed by atoms with Crippen molar-refractivity contribution >= 4 is 0 Å². The minimum Gasteiger partial charge on any atom is -0.371 e. The van der Waals surface area contributed by atoms with Gasteiger partial charge in [-0.2, -0.15) is 5.26 Å². The van der Waals surface area contributed by atoms with Gasteiger partial charge in [0.2, 0.25) is 0 Å². The van der Waals surface area contributed by atoms with Crippen LogP contribution in [0.2, 0.25) is 0 Å². The van der Waals surface area contributed by atoms with Gasteiger partial charge in [-0.15, -0.1) is 0 Å². The molecule has 0 saturated carbocycles. The van der Waals surface area contributed by atoms with E-state index in [1.54, 1.807) is 0 Å². The van der Waals surface area contributed by atoms with E-state index in [9.17, 15) is 0 Å². The van der Waals surface area contributed by atoms with E-state index in [2.05, 4.69) is 42.2 Å². The molecule has 3 nitrogen and oxygen atoms in total. The van der Waals surface area contributed by atoms with Crippen LogP contribution in [0.15, 0.2) is 24.3 Å². The Hall–Kier alpha value is -1.37. The molecule has 102 valence electrons. The third-order valence-corrected chi connectivity index (χ3v) is 3.67. The summed E-state index contributed by atoms with van der Waals surface area (Å²) in [6.07, 6.45) is 2.86. The summed E-state index contributed by atoms with van der Waals surface area (Å²) < 4.78 is 5.87. The standard InChI is InChI=1S/C16H22N2O/c1-2-14-5-7-15(8-6-14)16-13-18(11-12-19-16)10-4-3-9-17/h5-8,16H,2-4,10-13H2,1H3/t16-/m0/s1. The molecule has 1 aliphatic rings. The first-order valence-electron chi connectivity index (χ1n) is 7.13. The third-order valence-electron chi connectivity index (χ3n) is 3.67. The Labute approximate surface area is 115 Å². The summed E-state index contributed by atoms with van der Waals surface area (Å²) >= 11 is 0. The highest BCUT2D eigenvalue weighted by atomic mass is 16.5. The average Bonchev–Trinajstić information content (AvgIpc) is 2.48. The summed E-state index contributed by atoms with van der Waals surface area (Å²) in [5, 5.41) is 8.58. The quantitative estimate of drug-likeness (QED) is 0.762. The topological polar surface area (TPSA) is 36.3 Å². The normalized spacial score (nSPS) is 20.1. The Balaban J connectivity index is 1.90. The molecule has 0 radical (unpaired) electrons. The molecule has 1 aliphatic heterocycles. The molecule has 0 aliphatic carbocycles. The van der Waals surface area contributed by atoms with Gasteiger partial charge in [-0.1, -0.05) is 31.2 Å². The van der Waals surface area contributed by atoms with Crippen molar-refractivity contribution in [2.45, 2.75) is 32.3 Å². The second-order valence-corrected chi connectivity index (χ2v) is 5.02. The van der Waals surface area contributed by atoms with Crippen molar-refractivity contribution in [2.75, 3.05) is 26.2 Å². The second-order valence-electron chi connectivity index (χ2n) is 5.02. The second kappa shape index (κ2) is 7.28. The maximum Gasteiger partial charge on any atom is 0.0952 e. The molecular formula is C16H22N2O. The van der Waals surface area contributed by atoms with Crippen LogP contribution in [0.3, 0.4) is 0 Å². The van der Waals surface area contributed by atoms with Crippen LogP contribution in [0, 0.1) is 11.3 Å². The van der Waals surface area contributed by atoms with Crippen LogP contribution in [0.5, 0.6) is 0 Å². The Kier molecular flexibility index (Phi) is 5.38. The van der Waals surface area contributed by atoms with Crippen molar-refractivity contribution in [1.82, 2.24) is 4.90 Å². The van der Waals surface area contributed by atoms with Crippen LogP contribution >= 0.6 is 0 Å². The molecular weight excluding hydrogens is 236 g/mol. The van der Waals surface area contributed by atoms with E-state index < -0.39 is 0 Å². The summed E-state index contributed by atoms with van der Waals surface area (Å²) in [6.45, 7) is 5.88. The fourth-order valence-electron chi connectivity index (χ4n) is 2.46. The predicted molar refractivity (Wildman–Crippen MR) is 75.8 cm³/mol. The number of hydrogen-bond acceptors (Lipinski definition) is 3. The van der Waals surface area contributed by atoms with Crippen molar-refractivity contribution in [1.29, 1.82) is 5.26 Å². The highest BCUT2D eigenvalue weighted by molar-refractivity contribution is 5.24. The van der Waals surface area contributed by atoms with Gasteiger partial charge in [0.05, 0.1) is 18.8 Å². The first kappa shape index (κ1) is 14.0. The minimum atomic E-state index is 0.182. The summed E-state index contributed by atoms with van der Waals surface area (Å²) in [4.78, 5) is 2.40. The Morgan fingerprint density at radius 2 is 2.16 bits per heavy atom. The number of morpholine rings is 1. The molecule has 0 unspecified atom stereocenters. The molecule has 2 rings (SSSR count). The van der Waals surface area contributed by atoms with Crippen LogP contribution < -0.4 is 0 Å². The lowest BCUT2D eigenvalue weighted by Gasteiger charge is -2.33. The summed E-state index contributed by atoms with van der Waals surface area (Å²) in [6, 6.07) is 10.9. The van der Waals surface area contributed by atoms with Gasteiger partial charge in [-0.3, -0.25) is 4.90 Å². The van der Waals surface area contributed by atoms with E-state index in [0.29, 0.717) is 6.42 Å². The van der Waals surface area contributed by atoms with Crippen LogP contribution in [-0.4, -0.2) is 31.1 Å². The summed E-state index contributed by atoms with van der Waals surface area (Å²) in [5.74, 6) is 0. The lowest BCUT2D eigenvalue weighted by molar-refractivity contribution is -0.0301. The average molecular weight is 258 g/mol. The molecule has 19 heavy (non-hydrogen) atoms. The number of ether oxygens (including phenoxy) is 1. The van der Waals surface area contributed by atoms with Crippen molar-refractivity contribution in [3.63, 3.8) is 0 Å². The molecule has 1 saturated heterocycles. The first-order chi connectivity index (χ1) is 9.33. The number of aryl methyl sites for hydroxylation is 1.